The molecule has 3 fully saturated rings. The van der Waals surface area contributed by atoms with Crippen molar-refractivity contribution in [3.05, 3.63) is 10.6 Å². The molecule has 160 valence electrons. The lowest BCUT2D eigenvalue weighted by molar-refractivity contribution is -0.163. The van der Waals surface area contributed by atoms with Crippen LogP contribution in [0.2, 0.25) is 0 Å². The molecule has 4 heterocycles. The summed E-state index contributed by atoms with van der Waals surface area (Å²) in [5, 5.41) is 31.0. The molecule has 9 heteroatoms. The van der Waals surface area contributed by atoms with Gasteiger partial charge in [-0.05, 0) is 32.1 Å². The molecule has 0 spiro atoms. The highest BCUT2D eigenvalue weighted by atomic mass is 32.2. The van der Waals surface area contributed by atoms with Gasteiger partial charge in [-0.15, -0.1) is 11.8 Å². The molecule has 3 saturated heterocycles. The Morgan fingerprint density at radius 1 is 1.48 bits per heavy atom. The highest BCUT2D eigenvalue weighted by molar-refractivity contribution is 8.03. The molecule has 29 heavy (non-hydrogen) atoms. The van der Waals surface area contributed by atoms with Gasteiger partial charge in [-0.3, -0.25) is 10.2 Å². The summed E-state index contributed by atoms with van der Waals surface area (Å²) in [5.74, 6) is -1.31. The third-order valence-electron chi connectivity index (χ3n) is 6.90. The second kappa shape index (κ2) is 7.92. The van der Waals surface area contributed by atoms with Crippen LogP contribution in [0.25, 0.3) is 0 Å². The number of hydrogen-bond donors (Lipinski definition) is 4. The zero-order valence-corrected chi connectivity index (χ0v) is 17.7. The normalized spacial score (nSPS) is 37.7. The van der Waals surface area contributed by atoms with Crippen molar-refractivity contribution >= 4 is 30.0 Å². The molecular formula is C20H30N4O4S. The predicted molar refractivity (Wildman–Crippen MR) is 110 cm³/mol. The standard InChI is InChI=1S/C20H30N4O4S/c1-10-16-15(11(2)25)19(26)24(16)17(20(27)28)18(10)29-14-6-13(22-7-14)5-12-3-4-23(8-12)9-21/h9-16,21-22,25H,3-8H2,1-2H3,(H,27,28)/t10-,11-,12?,13-,14+,15-,16-/m1/s1. The van der Waals surface area contributed by atoms with E-state index in [4.69, 9.17) is 5.41 Å². The lowest BCUT2D eigenvalue weighted by atomic mass is 9.79. The monoisotopic (exact) mass is 422 g/mol. The predicted octanol–water partition coefficient (Wildman–Crippen LogP) is 0.923. The highest BCUT2D eigenvalue weighted by Crippen LogP contribution is 2.51. The van der Waals surface area contributed by atoms with Crippen LogP contribution in [-0.2, 0) is 9.59 Å². The van der Waals surface area contributed by atoms with Crippen LogP contribution in [0.5, 0.6) is 0 Å². The number of carboxylic acids is 1. The molecule has 8 nitrogen and oxygen atoms in total. The van der Waals surface area contributed by atoms with Crippen LogP contribution in [0.4, 0.5) is 0 Å². The lowest BCUT2D eigenvalue weighted by Gasteiger charge is -2.46. The van der Waals surface area contributed by atoms with Gasteiger partial charge in [-0.1, -0.05) is 6.92 Å². The number of carbonyl (C=O) groups is 2. The van der Waals surface area contributed by atoms with Gasteiger partial charge >= 0.3 is 5.97 Å². The molecular weight excluding hydrogens is 392 g/mol. The number of nitrogens with one attached hydrogen (secondary N) is 2. The van der Waals surface area contributed by atoms with Crippen molar-refractivity contribution in [2.24, 2.45) is 17.8 Å². The zero-order valence-electron chi connectivity index (χ0n) is 16.9. The Morgan fingerprint density at radius 2 is 2.24 bits per heavy atom. The maximum atomic E-state index is 12.5. The van der Waals surface area contributed by atoms with E-state index >= 15 is 0 Å². The maximum absolute atomic E-state index is 12.5. The number of thioether (sulfide) groups is 1. The summed E-state index contributed by atoms with van der Waals surface area (Å²) in [5.41, 5.74) is 0.121. The van der Waals surface area contributed by atoms with E-state index in [1.54, 1.807) is 18.7 Å². The Kier molecular flexibility index (Phi) is 5.65. The van der Waals surface area contributed by atoms with Crippen molar-refractivity contribution in [2.75, 3.05) is 19.6 Å². The molecule has 1 unspecified atom stereocenters. The number of fused-ring (bicyclic) bond motifs is 1. The number of aliphatic hydroxyl groups excluding tert-OH is 1. The zero-order chi connectivity index (χ0) is 20.9. The molecule has 7 atom stereocenters. The molecule has 1 amide bonds. The van der Waals surface area contributed by atoms with Crippen molar-refractivity contribution in [3.63, 3.8) is 0 Å². The molecule has 0 aliphatic carbocycles. The second-order valence-corrected chi connectivity index (χ2v) is 10.2. The molecule has 0 bridgehead atoms. The van der Waals surface area contributed by atoms with Gasteiger partial charge in [0, 0.05) is 41.7 Å². The van der Waals surface area contributed by atoms with Crippen LogP contribution in [0.1, 0.15) is 33.1 Å². The van der Waals surface area contributed by atoms with Crippen LogP contribution in [0, 0.1) is 23.2 Å². The minimum atomic E-state index is -1.06. The van der Waals surface area contributed by atoms with E-state index in [1.807, 2.05) is 6.92 Å². The van der Waals surface area contributed by atoms with E-state index in [2.05, 4.69) is 10.2 Å². The van der Waals surface area contributed by atoms with Gasteiger partial charge in [0.25, 0.3) is 0 Å². The first-order chi connectivity index (χ1) is 13.8. The molecule has 4 aliphatic heterocycles. The van der Waals surface area contributed by atoms with Gasteiger partial charge in [0.1, 0.15) is 5.70 Å². The van der Waals surface area contributed by atoms with Gasteiger partial charge in [-0.2, -0.15) is 0 Å². The number of aliphatic carboxylic acids is 1. The Morgan fingerprint density at radius 3 is 2.86 bits per heavy atom. The summed E-state index contributed by atoms with van der Waals surface area (Å²) < 4.78 is 0. The van der Waals surface area contributed by atoms with Crippen molar-refractivity contribution in [3.8, 4) is 0 Å². The Hall–Kier alpha value is -1.58. The summed E-state index contributed by atoms with van der Waals surface area (Å²) >= 11 is 1.60. The summed E-state index contributed by atoms with van der Waals surface area (Å²) in [6.45, 7) is 6.32. The second-order valence-electron chi connectivity index (χ2n) is 8.87. The Bertz CT molecular complexity index is 742. The quantitative estimate of drug-likeness (QED) is 0.274. The van der Waals surface area contributed by atoms with Gasteiger partial charge in [0.2, 0.25) is 5.91 Å². The largest absolute Gasteiger partial charge is 0.477 e. The van der Waals surface area contributed by atoms with Gasteiger partial charge in [0.05, 0.1) is 24.4 Å². The molecule has 0 radical (unpaired) electrons. The molecule has 4 aliphatic rings. The molecule has 0 saturated carbocycles. The van der Waals surface area contributed by atoms with E-state index in [-0.39, 0.29) is 28.8 Å². The molecule has 0 aromatic rings. The number of aliphatic hydroxyl groups is 1. The molecule has 0 aromatic carbocycles. The van der Waals surface area contributed by atoms with Crippen LogP contribution < -0.4 is 5.32 Å². The summed E-state index contributed by atoms with van der Waals surface area (Å²) in [6.07, 6.45) is 3.84. The fraction of sp³-hybridized carbons (Fsp3) is 0.750. The number of rotatable bonds is 7. The van der Waals surface area contributed by atoms with E-state index in [0.717, 1.165) is 43.8 Å². The smallest absolute Gasteiger partial charge is 0.353 e. The van der Waals surface area contributed by atoms with Crippen molar-refractivity contribution in [1.29, 1.82) is 5.41 Å². The number of β-lactam (4-membered cyclic amide) rings is 1. The fourth-order valence-electron chi connectivity index (χ4n) is 5.48. The minimum absolute atomic E-state index is 0.0709. The average Bonchev–Trinajstić information content (AvgIpc) is 3.35. The first-order valence-corrected chi connectivity index (χ1v) is 11.3. The number of carboxylic acid groups (broad SMARTS) is 1. The fourth-order valence-corrected chi connectivity index (χ4v) is 7.00. The Balaban J connectivity index is 1.41. The summed E-state index contributed by atoms with van der Waals surface area (Å²) in [6, 6.07) is 0.171. The SMILES string of the molecule is C[C@@H](O)[C@H]1C(=O)N2C(C(=O)O)=C(S[C@@H]3CN[C@H](CC4CCN(C=N)C4)C3)[C@H](C)[C@H]12. The van der Waals surface area contributed by atoms with Crippen LogP contribution in [-0.4, -0.2) is 81.3 Å². The summed E-state index contributed by atoms with van der Waals surface area (Å²) in [4.78, 5) is 28.6. The van der Waals surface area contributed by atoms with E-state index in [9.17, 15) is 19.8 Å². The highest BCUT2D eigenvalue weighted by Gasteiger charge is 2.60. The third-order valence-corrected chi connectivity index (χ3v) is 8.42. The van der Waals surface area contributed by atoms with Crippen LogP contribution in [0.15, 0.2) is 10.6 Å². The first-order valence-electron chi connectivity index (χ1n) is 10.4. The lowest BCUT2D eigenvalue weighted by Crippen LogP contribution is -2.63. The van der Waals surface area contributed by atoms with Crippen LogP contribution in [0.3, 0.4) is 0 Å². The van der Waals surface area contributed by atoms with Crippen molar-refractivity contribution in [1.82, 2.24) is 15.1 Å². The topological polar surface area (TPSA) is 117 Å². The van der Waals surface area contributed by atoms with Crippen molar-refractivity contribution in [2.45, 2.75) is 56.5 Å². The number of amides is 1. The number of likely N-dealkylation sites (tertiary alicyclic amines) is 1. The molecule has 0 aromatic heterocycles. The third kappa shape index (κ3) is 3.57. The molecule has 4 N–H and O–H groups in total. The minimum Gasteiger partial charge on any atom is -0.477 e. The van der Waals surface area contributed by atoms with E-state index in [1.165, 1.54) is 11.2 Å². The van der Waals surface area contributed by atoms with Gasteiger partial charge < -0.3 is 25.3 Å². The first kappa shape index (κ1) is 20.7. The van der Waals surface area contributed by atoms with Crippen molar-refractivity contribution < 1.29 is 19.8 Å². The van der Waals surface area contributed by atoms with Crippen LogP contribution >= 0.6 is 11.8 Å². The van der Waals surface area contributed by atoms with Gasteiger partial charge in [-0.25, -0.2) is 4.79 Å². The molecule has 4 rings (SSSR count). The average molecular weight is 423 g/mol. The van der Waals surface area contributed by atoms with Gasteiger partial charge in [0.15, 0.2) is 0 Å². The number of carbonyl (C=O) groups excluding carboxylic acids is 1. The van der Waals surface area contributed by atoms with E-state index < -0.39 is 18.0 Å². The number of nitrogens with zero attached hydrogens (tertiary/aromatic N) is 2. The van der Waals surface area contributed by atoms with E-state index in [0.29, 0.717) is 12.0 Å². The summed E-state index contributed by atoms with van der Waals surface area (Å²) in [7, 11) is 0. The number of hydrogen-bond acceptors (Lipinski definition) is 6. The Labute approximate surface area is 175 Å². The maximum Gasteiger partial charge on any atom is 0.353 e.